The Bertz CT molecular complexity index is 587. The second-order valence-corrected chi connectivity index (χ2v) is 3.70. The Morgan fingerprint density at radius 3 is 2.76 bits per heavy atom. The number of nitro benzene ring substituents is 1. The van der Waals surface area contributed by atoms with Crippen LogP contribution in [0.1, 0.15) is 0 Å². The first kappa shape index (κ1) is 11.3. The molecule has 1 aromatic heterocycles. The maximum absolute atomic E-state index is 10.7. The van der Waals surface area contributed by atoms with Crippen LogP contribution in [0.25, 0.3) is 11.3 Å². The third kappa shape index (κ3) is 2.19. The molecule has 1 aromatic carbocycles. The summed E-state index contributed by atoms with van der Waals surface area (Å²) in [6, 6.07) is 6.94. The quantitative estimate of drug-likeness (QED) is 0.657. The van der Waals surface area contributed by atoms with E-state index in [4.69, 9.17) is 11.6 Å². The molecule has 0 fully saturated rings. The molecule has 6 heteroatoms. The molecule has 0 aliphatic rings. The second-order valence-electron chi connectivity index (χ2n) is 3.29. The Hall–Kier alpha value is -2.14. The fourth-order valence-corrected chi connectivity index (χ4v) is 1.63. The summed E-state index contributed by atoms with van der Waals surface area (Å²) in [4.78, 5) is 14.1. The second kappa shape index (κ2) is 4.39. The average Bonchev–Trinajstić information content (AvgIpc) is 2.30. The topological polar surface area (TPSA) is 76.3 Å². The minimum atomic E-state index is -0.542. The van der Waals surface area contributed by atoms with Gasteiger partial charge in [0, 0.05) is 18.3 Å². The average molecular weight is 251 g/mol. The van der Waals surface area contributed by atoms with Crippen molar-refractivity contribution in [2.45, 2.75) is 0 Å². The Morgan fingerprint density at radius 2 is 2.12 bits per heavy atom. The van der Waals surface area contributed by atoms with E-state index in [0.717, 1.165) is 0 Å². The lowest BCUT2D eigenvalue weighted by Crippen LogP contribution is -1.90. The molecule has 17 heavy (non-hydrogen) atoms. The first-order valence-corrected chi connectivity index (χ1v) is 5.05. The smallest absolute Gasteiger partial charge is 0.270 e. The Morgan fingerprint density at radius 1 is 1.35 bits per heavy atom. The van der Waals surface area contributed by atoms with Gasteiger partial charge in [-0.25, -0.2) is 0 Å². The van der Waals surface area contributed by atoms with E-state index in [2.05, 4.69) is 4.98 Å². The summed E-state index contributed by atoms with van der Waals surface area (Å²) in [5.41, 5.74) is 0.430. The molecule has 0 unspecified atom stereocenters. The van der Waals surface area contributed by atoms with Crippen LogP contribution in [0.15, 0.2) is 36.5 Å². The summed E-state index contributed by atoms with van der Waals surface area (Å²) in [6.45, 7) is 0. The van der Waals surface area contributed by atoms with Crippen molar-refractivity contribution in [3.8, 4) is 17.0 Å². The first-order valence-electron chi connectivity index (χ1n) is 4.68. The lowest BCUT2D eigenvalue weighted by Gasteiger charge is -2.05. The molecular weight excluding hydrogens is 244 g/mol. The Labute approximate surface area is 101 Å². The van der Waals surface area contributed by atoms with Gasteiger partial charge in [0.2, 0.25) is 0 Å². The molecule has 0 bridgehead atoms. The van der Waals surface area contributed by atoms with Crippen molar-refractivity contribution in [1.82, 2.24) is 4.98 Å². The van der Waals surface area contributed by atoms with Gasteiger partial charge in [0.15, 0.2) is 0 Å². The predicted molar refractivity (Wildman–Crippen MR) is 63.0 cm³/mol. The minimum absolute atomic E-state index is 0.101. The van der Waals surface area contributed by atoms with E-state index in [-0.39, 0.29) is 17.0 Å². The van der Waals surface area contributed by atoms with Crippen molar-refractivity contribution >= 4 is 17.3 Å². The maximum Gasteiger partial charge on any atom is 0.270 e. The van der Waals surface area contributed by atoms with E-state index < -0.39 is 4.92 Å². The van der Waals surface area contributed by atoms with Gasteiger partial charge in [0.05, 0.1) is 21.2 Å². The van der Waals surface area contributed by atoms with Gasteiger partial charge in [-0.3, -0.25) is 15.1 Å². The Balaban J connectivity index is 2.63. The standard InChI is InChI=1S/C11H7ClN2O3/c12-9-2-1-5-13-11(9)8-6-7(14(16)17)3-4-10(8)15/h1-6,15H. The van der Waals surface area contributed by atoms with Crippen molar-refractivity contribution in [2.75, 3.05) is 0 Å². The van der Waals surface area contributed by atoms with Crippen LogP contribution in [0.3, 0.4) is 0 Å². The van der Waals surface area contributed by atoms with Gasteiger partial charge in [-0.2, -0.15) is 0 Å². The largest absolute Gasteiger partial charge is 0.507 e. The highest BCUT2D eigenvalue weighted by atomic mass is 35.5. The van der Waals surface area contributed by atoms with Crippen LogP contribution in [-0.4, -0.2) is 15.0 Å². The molecule has 1 heterocycles. The summed E-state index contributed by atoms with van der Waals surface area (Å²) in [5, 5.41) is 20.6. The molecule has 86 valence electrons. The third-order valence-corrected chi connectivity index (χ3v) is 2.51. The number of benzene rings is 1. The van der Waals surface area contributed by atoms with Crippen molar-refractivity contribution < 1.29 is 10.0 Å². The number of aromatic nitrogens is 1. The first-order chi connectivity index (χ1) is 8.09. The monoisotopic (exact) mass is 250 g/mol. The molecule has 0 aliphatic heterocycles. The highest BCUT2D eigenvalue weighted by molar-refractivity contribution is 6.33. The molecular formula is C11H7ClN2O3. The minimum Gasteiger partial charge on any atom is -0.507 e. The van der Waals surface area contributed by atoms with Gasteiger partial charge < -0.3 is 5.11 Å². The van der Waals surface area contributed by atoms with Crippen molar-refractivity contribution in [1.29, 1.82) is 0 Å². The van der Waals surface area contributed by atoms with Crippen LogP contribution >= 0.6 is 11.6 Å². The number of rotatable bonds is 2. The molecule has 0 saturated heterocycles. The van der Waals surface area contributed by atoms with Crippen LogP contribution in [-0.2, 0) is 0 Å². The summed E-state index contributed by atoms with van der Waals surface area (Å²) >= 11 is 5.92. The van der Waals surface area contributed by atoms with Gasteiger partial charge in [-0.05, 0) is 18.2 Å². The Kier molecular flexibility index (Phi) is 2.93. The molecule has 0 amide bonds. The highest BCUT2D eigenvalue weighted by Gasteiger charge is 2.14. The molecule has 0 saturated carbocycles. The molecule has 0 spiro atoms. The lowest BCUT2D eigenvalue weighted by atomic mass is 10.1. The number of aromatic hydroxyl groups is 1. The van der Waals surface area contributed by atoms with Crippen molar-refractivity contribution in [2.24, 2.45) is 0 Å². The molecule has 1 N–H and O–H groups in total. The van der Waals surface area contributed by atoms with E-state index in [1.165, 1.54) is 24.4 Å². The van der Waals surface area contributed by atoms with Gasteiger partial charge in [0.25, 0.3) is 5.69 Å². The molecule has 0 aliphatic carbocycles. The number of phenols is 1. The van der Waals surface area contributed by atoms with Crippen LogP contribution < -0.4 is 0 Å². The van der Waals surface area contributed by atoms with Gasteiger partial charge in [-0.1, -0.05) is 11.6 Å². The number of non-ortho nitro benzene ring substituents is 1. The third-order valence-electron chi connectivity index (χ3n) is 2.20. The lowest BCUT2D eigenvalue weighted by molar-refractivity contribution is -0.384. The summed E-state index contributed by atoms with van der Waals surface area (Å²) in [5.74, 6) is -0.101. The maximum atomic E-state index is 10.7. The number of nitro groups is 1. The van der Waals surface area contributed by atoms with E-state index in [9.17, 15) is 15.2 Å². The molecule has 0 atom stereocenters. The van der Waals surface area contributed by atoms with Crippen molar-refractivity contribution in [3.63, 3.8) is 0 Å². The summed E-state index contributed by atoms with van der Waals surface area (Å²) in [7, 11) is 0. The van der Waals surface area contributed by atoms with Gasteiger partial charge in [-0.15, -0.1) is 0 Å². The van der Waals surface area contributed by atoms with E-state index in [1.54, 1.807) is 12.1 Å². The van der Waals surface area contributed by atoms with E-state index in [1.807, 2.05) is 0 Å². The SMILES string of the molecule is O=[N+]([O-])c1ccc(O)c(-c2ncccc2Cl)c1. The molecule has 5 nitrogen and oxygen atoms in total. The number of hydrogen-bond donors (Lipinski definition) is 1. The fraction of sp³-hybridized carbons (Fsp3) is 0. The molecule has 0 radical (unpaired) electrons. The molecule has 2 rings (SSSR count). The number of halogens is 1. The van der Waals surface area contributed by atoms with Crippen LogP contribution in [0.5, 0.6) is 5.75 Å². The number of pyridine rings is 1. The number of nitrogens with zero attached hydrogens (tertiary/aromatic N) is 2. The van der Waals surface area contributed by atoms with Crippen LogP contribution in [0.2, 0.25) is 5.02 Å². The highest BCUT2D eigenvalue weighted by Crippen LogP contribution is 2.34. The zero-order valence-electron chi connectivity index (χ0n) is 8.50. The number of phenolic OH excluding ortho intramolecular Hbond substituents is 1. The summed E-state index contributed by atoms with van der Waals surface area (Å²) < 4.78 is 0. The van der Waals surface area contributed by atoms with E-state index in [0.29, 0.717) is 10.7 Å². The predicted octanol–water partition coefficient (Wildman–Crippen LogP) is 3.02. The fourth-order valence-electron chi connectivity index (χ4n) is 1.41. The normalized spacial score (nSPS) is 10.2. The summed E-state index contributed by atoms with van der Waals surface area (Å²) in [6.07, 6.45) is 1.50. The zero-order chi connectivity index (χ0) is 12.4. The van der Waals surface area contributed by atoms with Crippen molar-refractivity contribution in [3.05, 3.63) is 51.7 Å². The van der Waals surface area contributed by atoms with Gasteiger partial charge >= 0.3 is 0 Å². The van der Waals surface area contributed by atoms with E-state index >= 15 is 0 Å². The van der Waals surface area contributed by atoms with Crippen LogP contribution in [0.4, 0.5) is 5.69 Å². The molecule has 2 aromatic rings. The zero-order valence-corrected chi connectivity index (χ0v) is 9.26. The number of hydrogen-bond acceptors (Lipinski definition) is 4. The van der Waals surface area contributed by atoms with Gasteiger partial charge in [0.1, 0.15) is 5.75 Å². The van der Waals surface area contributed by atoms with Crippen LogP contribution in [0, 0.1) is 10.1 Å².